The maximum Gasteiger partial charge on any atom is 0.108 e. The molecule has 0 saturated carbocycles. The fraction of sp³-hybridized carbons (Fsp3) is 0.889. The first-order chi connectivity index (χ1) is 6.16. The molecular weight excluding hydrogens is 166 g/mol. The number of amidine groups is 1. The van der Waals surface area contributed by atoms with Gasteiger partial charge >= 0.3 is 0 Å². The summed E-state index contributed by atoms with van der Waals surface area (Å²) < 4.78 is 5.33. The summed E-state index contributed by atoms with van der Waals surface area (Å²) in [6, 6.07) is 0.474. The highest BCUT2D eigenvalue weighted by molar-refractivity contribution is 5.82. The third-order valence-corrected chi connectivity index (χ3v) is 2.57. The number of ether oxygens (including phenoxy) is 1. The van der Waals surface area contributed by atoms with Gasteiger partial charge in [-0.15, -0.1) is 0 Å². The van der Waals surface area contributed by atoms with Crippen molar-refractivity contribution < 1.29 is 4.74 Å². The average molecular weight is 185 g/mol. The Hall–Kier alpha value is -0.610. The van der Waals surface area contributed by atoms with Gasteiger partial charge in [-0.3, -0.25) is 10.3 Å². The molecule has 3 N–H and O–H groups in total. The van der Waals surface area contributed by atoms with Crippen LogP contribution < -0.4 is 5.73 Å². The van der Waals surface area contributed by atoms with E-state index in [0.29, 0.717) is 6.04 Å². The van der Waals surface area contributed by atoms with Crippen LogP contribution in [0.25, 0.3) is 0 Å². The molecule has 0 bridgehead atoms. The standard InChI is InChI=1S/C9H19N3O/c1-3-8(9(10)11)12-4-5-13-6-7(12)2/h7-8H,3-6H2,1-2H3,(H3,10,11). The zero-order chi connectivity index (χ0) is 9.84. The molecule has 1 aliphatic heterocycles. The number of rotatable bonds is 3. The highest BCUT2D eigenvalue weighted by atomic mass is 16.5. The summed E-state index contributed by atoms with van der Waals surface area (Å²) in [6.45, 7) is 6.58. The molecule has 0 radical (unpaired) electrons. The molecule has 1 rings (SSSR count). The van der Waals surface area contributed by atoms with Gasteiger partial charge in [0.05, 0.1) is 19.3 Å². The van der Waals surface area contributed by atoms with Crippen molar-refractivity contribution in [1.29, 1.82) is 5.41 Å². The van der Waals surface area contributed by atoms with E-state index in [9.17, 15) is 0 Å². The Morgan fingerprint density at radius 3 is 2.92 bits per heavy atom. The maximum absolute atomic E-state index is 7.47. The normalized spacial score (nSPS) is 27.1. The summed E-state index contributed by atoms with van der Waals surface area (Å²) in [6.07, 6.45) is 0.902. The van der Waals surface area contributed by atoms with Crippen molar-refractivity contribution in [2.75, 3.05) is 19.8 Å². The van der Waals surface area contributed by atoms with Crippen LogP contribution in [0.1, 0.15) is 20.3 Å². The lowest BCUT2D eigenvalue weighted by Crippen LogP contribution is -2.53. The van der Waals surface area contributed by atoms with Gasteiger partial charge in [-0.1, -0.05) is 6.92 Å². The third kappa shape index (κ3) is 2.42. The Labute approximate surface area is 79.6 Å². The van der Waals surface area contributed by atoms with E-state index in [2.05, 4.69) is 18.7 Å². The minimum atomic E-state index is 0.0962. The number of nitrogens with one attached hydrogen (secondary N) is 1. The van der Waals surface area contributed by atoms with Crippen LogP contribution in [0.4, 0.5) is 0 Å². The molecule has 0 aromatic rings. The summed E-state index contributed by atoms with van der Waals surface area (Å²) in [5.74, 6) is 0.274. The Morgan fingerprint density at radius 2 is 2.46 bits per heavy atom. The molecule has 0 amide bonds. The van der Waals surface area contributed by atoms with E-state index >= 15 is 0 Å². The van der Waals surface area contributed by atoms with E-state index in [-0.39, 0.29) is 11.9 Å². The van der Waals surface area contributed by atoms with E-state index < -0.39 is 0 Å². The topological polar surface area (TPSA) is 62.3 Å². The summed E-state index contributed by atoms with van der Waals surface area (Å²) in [4.78, 5) is 2.26. The molecule has 0 aliphatic carbocycles. The number of nitrogens with zero attached hydrogens (tertiary/aromatic N) is 1. The Balaban J connectivity index is 2.60. The summed E-state index contributed by atoms with van der Waals surface area (Å²) in [5, 5.41) is 7.47. The van der Waals surface area contributed by atoms with Crippen molar-refractivity contribution in [3.63, 3.8) is 0 Å². The van der Waals surface area contributed by atoms with Crippen molar-refractivity contribution >= 4 is 5.84 Å². The number of nitrogens with two attached hydrogens (primary N) is 1. The fourth-order valence-electron chi connectivity index (χ4n) is 1.84. The Morgan fingerprint density at radius 1 is 1.77 bits per heavy atom. The van der Waals surface area contributed by atoms with Gasteiger partial charge in [-0.05, 0) is 13.3 Å². The zero-order valence-corrected chi connectivity index (χ0v) is 8.42. The van der Waals surface area contributed by atoms with Gasteiger partial charge in [0.15, 0.2) is 0 Å². The van der Waals surface area contributed by atoms with Crippen molar-refractivity contribution in [3.05, 3.63) is 0 Å². The van der Waals surface area contributed by atoms with Crippen LogP contribution in [0.3, 0.4) is 0 Å². The lowest BCUT2D eigenvalue weighted by Gasteiger charge is -2.38. The van der Waals surface area contributed by atoms with Crippen molar-refractivity contribution in [2.24, 2.45) is 5.73 Å². The van der Waals surface area contributed by atoms with Crippen molar-refractivity contribution in [3.8, 4) is 0 Å². The van der Waals surface area contributed by atoms with Gasteiger partial charge in [0, 0.05) is 12.6 Å². The van der Waals surface area contributed by atoms with Gasteiger partial charge in [0.2, 0.25) is 0 Å². The van der Waals surface area contributed by atoms with Crippen LogP contribution in [0.5, 0.6) is 0 Å². The van der Waals surface area contributed by atoms with E-state index in [0.717, 1.165) is 26.2 Å². The summed E-state index contributed by atoms with van der Waals surface area (Å²) in [5.41, 5.74) is 5.54. The SMILES string of the molecule is CCC(C(=N)N)N1CCOCC1C. The first kappa shape index (κ1) is 10.5. The highest BCUT2D eigenvalue weighted by Gasteiger charge is 2.26. The average Bonchev–Trinajstić information content (AvgIpc) is 2.09. The molecule has 1 fully saturated rings. The third-order valence-electron chi connectivity index (χ3n) is 2.57. The van der Waals surface area contributed by atoms with E-state index in [4.69, 9.17) is 15.9 Å². The van der Waals surface area contributed by atoms with Gasteiger partial charge in [0.1, 0.15) is 5.84 Å². The van der Waals surface area contributed by atoms with Crippen LogP contribution in [0.15, 0.2) is 0 Å². The predicted octanol–water partition coefficient (Wildman–Crippen LogP) is 0.422. The first-order valence-electron chi connectivity index (χ1n) is 4.84. The summed E-state index contributed by atoms with van der Waals surface area (Å²) in [7, 11) is 0. The van der Waals surface area contributed by atoms with Gasteiger partial charge < -0.3 is 10.5 Å². The maximum atomic E-state index is 7.47. The molecule has 4 heteroatoms. The minimum absolute atomic E-state index is 0.0962. The first-order valence-corrected chi connectivity index (χ1v) is 4.84. The largest absolute Gasteiger partial charge is 0.386 e. The lowest BCUT2D eigenvalue weighted by molar-refractivity contribution is -0.0104. The number of hydrogen-bond donors (Lipinski definition) is 2. The van der Waals surface area contributed by atoms with Crippen molar-refractivity contribution in [2.45, 2.75) is 32.4 Å². The highest BCUT2D eigenvalue weighted by Crippen LogP contribution is 2.12. The van der Waals surface area contributed by atoms with E-state index in [1.54, 1.807) is 0 Å². The van der Waals surface area contributed by atoms with Crippen LogP contribution in [-0.2, 0) is 4.74 Å². The lowest BCUT2D eigenvalue weighted by atomic mass is 10.1. The smallest absolute Gasteiger partial charge is 0.108 e. The fourth-order valence-corrected chi connectivity index (χ4v) is 1.84. The molecule has 0 aromatic carbocycles. The minimum Gasteiger partial charge on any atom is -0.386 e. The predicted molar refractivity (Wildman–Crippen MR) is 53.0 cm³/mol. The molecule has 1 aliphatic rings. The molecule has 0 spiro atoms. The second-order valence-electron chi connectivity index (χ2n) is 3.54. The second-order valence-corrected chi connectivity index (χ2v) is 3.54. The van der Waals surface area contributed by atoms with Gasteiger partial charge in [0.25, 0.3) is 0 Å². The molecule has 2 atom stereocenters. The number of hydrogen-bond acceptors (Lipinski definition) is 3. The zero-order valence-electron chi connectivity index (χ0n) is 8.42. The monoisotopic (exact) mass is 185 g/mol. The molecule has 4 nitrogen and oxygen atoms in total. The Kier molecular flexibility index (Phi) is 3.69. The second kappa shape index (κ2) is 4.58. The summed E-state index contributed by atoms with van der Waals surface area (Å²) >= 11 is 0. The van der Waals surface area contributed by atoms with Crippen LogP contribution in [-0.4, -0.2) is 42.6 Å². The molecule has 1 saturated heterocycles. The van der Waals surface area contributed by atoms with Gasteiger partial charge in [-0.2, -0.15) is 0 Å². The quantitative estimate of drug-likeness (QED) is 0.495. The Bertz CT molecular complexity index is 184. The van der Waals surface area contributed by atoms with E-state index in [1.165, 1.54) is 0 Å². The molecule has 76 valence electrons. The number of morpholine rings is 1. The molecular formula is C9H19N3O. The van der Waals surface area contributed by atoms with Crippen LogP contribution in [0.2, 0.25) is 0 Å². The molecule has 2 unspecified atom stereocenters. The van der Waals surface area contributed by atoms with Crippen LogP contribution >= 0.6 is 0 Å². The molecule has 13 heavy (non-hydrogen) atoms. The molecule has 1 heterocycles. The van der Waals surface area contributed by atoms with Gasteiger partial charge in [-0.25, -0.2) is 0 Å². The molecule has 0 aromatic heterocycles. The van der Waals surface area contributed by atoms with Crippen molar-refractivity contribution in [1.82, 2.24) is 4.90 Å². The van der Waals surface area contributed by atoms with E-state index in [1.807, 2.05) is 0 Å². The van der Waals surface area contributed by atoms with Crippen LogP contribution in [0, 0.1) is 5.41 Å².